The van der Waals surface area contributed by atoms with E-state index in [1.165, 1.54) is 0 Å². The van der Waals surface area contributed by atoms with Gasteiger partial charge in [-0.15, -0.1) is 0 Å². The normalized spacial score (nSPS) is 15.1. The van der Waals surface area contributed by atoms with Gasteiger partial charge < -0.3 is 14.4 Å². The standard InChI is InChI=1S/C19H22ClN3O2/c1-21-9-6-15(14-21)12-18(24)22-7-3-8-23(11-10-22)19(25)16-4-2-5-17(20)13-16/h2,4-6,9,13-14H,3,7-8,10-12H2,1H3. The second-order valence-electron chi connectivity index (χ2n) is 6.40. The molecule has 0 bridgehead atoms. The van der Waals surface area contributed by atoms with Crippen molar-refractivity contribution in [2.75, 3.05) is 26.2 Å². The number of carbonyl (C=O) groups excluding carboxylic acids is 2. The molecule has 0 spiro atoms. The van der Waals surface area contributed by atoms with Crippen LogP contribution in [0.15, 0.2) is 42.7 Å². The van der Waals surface area contributed by atoms with Crippen molar-refractivity contribution in [3.8, 4) is 0 Å². The van der Waals surface area contributed by atoms with Crippen LogP contribution in [0.2, 0.25) is 5.02 Å². The molecule has 1 aromatic carbocycles. The Labute approximate surface area is 152 Å². The Morgan fingerprint density at radius 1 is 1.08 bits per heavy atom. The lowest BCUT2D eigenvalue weighted by Crippen LogP contribution is -2.37. The third kappa shape index (κ3) is 4.42. The van der Waals surface area contributed by atoms with Crippen LogP contribution in [0.5, 0.6) is 0 Å². The summed E-state index contributed by atoms with van der Waals surface area (Å²) in [5.74, 6) is 0.0862. The largest absolute Gasteiger partial charge is 0.357 e. The van der Waals surface area contributed by atoms with E-state index in [1.54, 1.807) is 24.3 Å². The summed E-state index contributed by atoms with van der Waals surface area (Å²) in [5, 5.41) is 0.556. The molecule has 5 nitrogen and oxygen atoms in total. The number of halogens is 1. The average Bonchev–Trinajstić information content (AvgIpc) is 2.85. The summed E-state index contributed by atoms with van der Waals surface area (Å²) < 4.78 is 1.94. The van der Waals surface area contributed by atoms with Gasteiger partial charge in [0.05, 0.1) is 6.42 Å². The Bertz CT molecular complexity index is 772. The molecule has 0 radical (unpaired) electrons. The smallest absolute Gasteiger partial charge is 0.253 e. The molecular formula is C19H22ClN3O2. The Hall–Kier alpha value is -2.27. The monoisotopic (exact) mass is 359 g/mol. The molecule has 2 amide bonds. The molecule has 1 saturated heterocycles. The van der Waals surface area contributed by atoms with E-state index >= 15 is 0 Å². The highest BCUT2D eigenvalue weighted by Gasteiger charge is 2.23. The van der Waals surface area contributed by atoms with Crippen LogP contribution in [0.3, 0.4) is 0 Å². The second-order valence-corrected chi connectivity index (χ2v) is 6.84. The highest BCUT2D eigenvalue weighted by Crippen LogP contribution is 2.15. The predicted octanol–water partition coefficient (Wildman–Crippen LogP) is 2.60. The van der Waals surface area contributed by atoms with Crippen molar-refractivity contribution in [2.45, 2.75) is 12.8 Å². The summed E-state index contributed by atoms with van der Waals surface area (Å²) in [6.45, 7) is 2.45. The first kappa shape index (κ1) is 17.5. The summed E-state index contributed by atoms with van der Waals surface area (Å²) in [5.41, 5.74) is 1.61. The highest BCUT2D eigenvalue weighted by molar-refractivity contribution is 6.30. The van der Waals surface area contributed by atoms with E-state index in [1.807, 2.05) is 39.9 Å². The second kappa shape index (κ2) is 7.74. The fourth-order valence-corrected chi connectivity index (χ4v) is 3.32. The number of rotatable bonds is 3. The molecule has 3 rings (SSSR count). The number of benzene rings is 1. The summed E-state index contributed by atoms with van der Waals surface area (Å²) in [6, 6.07) is 8.96. The minimum atomic E-state index is -0.0279. The van der Waals surface area contributed by atoms with Gasteiger partial charge >= 0.3 is 0 Å². The van der Waals surface area contributed by atoms with E-state index < -0.39 is 0 Å². The minimum Gasteiger partial charge on any atom is -0.357 e. The van der Waals surface area contributed by atoms with Crippen LogP contribution in [0.1, 0.15) is 22.3 Å². The zero-order valence-corrected chi connectivity index (χ0v) is 15.1. The number of aryl methyl sites for hydroxylation is 1. The molecule has 2 heterocycles. The number of nitrogens with zero attached hydrogens (tertiary/aromatic N) is 3. The van der Waals surface area contributed by atoms with E-state index in [-0.39, 0.29) is 11.8 Å². The lowest BCUT2D eigenvalue weighted by molar-refractivity contribution is -0.130. The number of hydrogen-bond acceptors (Lipinski definition) is 2. The molecule has 1 fully saturated rings. The van der Waals surface area contributed by atoms with Crippen molar-refractivity contribution in [3.63, 3.8) is 0 Å². The summed E-state index contributed by atoms with van der Waals surface area (Å²) >= 11 is 5.98. The van der Waals surface area contributed by atoms with Gasteiger partial charge in [-0.3, -0.25) is 9.59 Å². The molecule has 0 unspecified atom stereocenters. The molecule has 1 aliphatic heterocycles. The molecule has 0 atom stereocenters. The summed E-state index contributed by atoms with van der Waals surface area (Å²) in [4.78, 5) is 28.8. The van der Waals surface area contributed by atoms with Crippen LogP contribution in [0.4, 0.5) is 0 Å². The fraction of sp³-hybridized carbons (Fsp3) is 0.368. The Morgan fingerprint density at radius 2 is 1.84 bits per heavy atom. The Morgan fingerprint density at radius 3 is 2.56 bits per heavy atom. The van der Waals surface area contributed by atoms with Crippen LogP contribution in [-0.2, 0) is 18.3 Å². The minimum absolute atomic E-state index is 0.0279. The molecule has 0 saturated carbocycles. The lowest BCUT2D eigenvalue weighted by atomic mass is 10.2. The van der Waals surface area contributed by atoms with Crippen molar-refractivity contribution in [3.05, 3.63) is 58.9 Å². The maximum absolute atomic E-state index is 12.6. The van der Waals surface area contributed by atoms with Crippen molar-refractivity contribution >= 4 is 23.4 Å². The number of aromatic nitrogens is 1. The molecule has 132 valence electrons. The molecule has 0 aliphatic carbocycles. The van der Waals surface area contributed by atoms with Gasteiger partial charge in [0.15, 0.2) is 0 Å². The van der Waals surface area contributed by atoms with E-state index in [2.05, 4.69) is 0 Å². The Balaban J connectivity index is 1.60. The van der Waals surface area contributed by atoms with E-state index in [9.17, 15) is 9.59 Å². The average molecular weight is 360 g/mol. The number of amides is 2. The van der Waals surface area contributed by atoms with Gasteiger partial charge in [0, 0.05) is 56.2 Å². The van der Waals surface area contributed by atoms with Gasteiger partial charge in [-0.1, -0.05) is 17.7 Å². The van der Waals surface area contributed by atoms with Crippen molar-refractivity contribution in [2.24, 2.45) is 7.05 Å². The first-order chi connectivity index (χ1) is 12.0. The van der Waals surface area contributed by atoms with Crippen LogP contribution in [-0.4, -0.2) is 52.4 Å². The van der Waals surface area contributed by atoms with Crippen molar-refractivity contribution in [1.82, 2.24) is 14.4 Å². The molecule has 6 heteroatoms. The quantitative estimate of drug-likeness (QED) is 0.845. The third-order valence-corrected chi connectivity index (χ3v) is 4.69. The first-order valence-electron chi connectivity index (χ1n) is 8.46. The third-order valence-electron chi connectivity index (χ3n) is 4.46. The first-order valence-corrected chi connectivity index (χ1v) is 8.84. The maximum Gasteiger partial charge on any atom is 0.253 e. The maximum atomic E-state index is 12.6. The van der Waals surface area contributed by atoms with Crippen molar-refractivity contribution in [1.29, 1.82) is 0 Å². The zero-order chi connectivity index (χ0) is 17.8. The van der Waals surface area contributed by atoms with Crippen LogP contribution in [0.25, 0.3) is 0 Å². The number of hydrogen-bond donors (Lipinski definition) is 0. The molecule has 2 aromatic rings. The van der Waals surface area contributed by atoms with E-state index in [0.717, 1.165) is 12.0 Å². The lowest BCUT2D eigenvalue weighted by Gasteiger charge is -2.22. The van der Waals surface area contributed by atoms with Gasteiger partial charge in [-0.25, -0.2) is 0 Å². The predicted molar refractivity (Wildman–Crippen MR) is 97.7 cm³/mol. The molecule has 0 N–H and O–H groups in total. The van der Waals surface area contributed by atoms with Gasteiger partial charge in [-0.05, 0) is 36.2 Å². The fourth-order valence-electron chi connectivity index (χ4n) is 3.13. The van der Waals surface area contributed by atoms with Crippen LogP contribution in [0, 0.1) is 0 Å². The van der Waals surface area contributed by atoms with Crippen LogP contribution < -0.4 is 0 Å². The SMILES string of the molecule is Cn1ccc(CC(=O)N2CCCN(C(=O)c3cccc(Cl)c3)CC2)c1. The van der Waals surface area contributed by atoms with E-state index in [4.69, 9.17) is 11.6 Å². The zero-order valence-electron chi connectivity index (χ0n) is 14.3. The van der Waals surface area contributed by atoms with Crippen molar-refractivity contribution < 1.29 is 9.59 Å². The van der Waals surface area contributed by atoms with E-state index in [0.29, 0.717) is 43.2 Å². The highest BCUT2D eigenvalue weighted by atomic mass is 35.5. The van der Waals surface area contributed by atoms with Gasteiger partial charge in [0.1, 0.15) is 0 Å². The van der Waals surface area contributed by atoms with Crippen LogP contribution >= 0.6 is 11.6 Å². The summed E-state index contributed by atoms with van der Waals surface area (Å²) in [6.07, 6.45) is 5.09. The molecule has 1 aliphatic rings. The molecule has 25 heavy (non-hydrogen) atoms. The van der Waals surface area contributed by atoms with Gasteiger partial charge in [0.25, 0.3) is 5.91 Å². The molecular weight excluding hydrogens is 338 g/mol. The Kier molecular flexibility index (Phi) is 5.43. The van der Waals surface area contributed by atoms with Gasteiger partial charge in [0.2, 0.25) is 5.91 Å². The molecule has 1 aromatic heterocycles. The number of carbonyl (C=O) groups is 2. The van der Waals surface area contributed by atoms with Gasteiger partial charge in [-0.2, -0.15) is 0 Å². The topological polar surface area (TPSA) is 45.6 Å². The summed E-state index contributed by atoms with van der Waals surface area (Å²) in [7, 11) is 1.94.